The minimum absolute atomic E-state index is 0.137. The summed E-state index contributed by atoms with van der Waals surface area (Å²) in [5, 5.41) is 0. The molecule has 2 saturated carbocycles. The summed E-state index contributed by atoms with van der Waals surface area (Å²) in [5.74, 6) is 3.31. The zero-order valence-corrected chi connectivity index (χ0v) is 15.3. The lowest BCUT2D eigenvalue weighted by Crippen LogP contribution is -2.51. The first-order chi connectivity index (χ1) is 11.6. The highest BCUT2D eigenvalue weighted by Gasteiger charge is 2.50. The first kappa shape index (κ1) is 16.8. The lowest BCUT2D eigenvalue weighted by Gasteiger charge is -2.40. The van der Waals surface area contributed by atoms with Crippen LogP contribution >= 0.6 is 0 Å². The molecule has 0 aromatic heterocycles. The molecular weight excluding hydrogens is 298 g/mol. The molecule has 4 rings (SSSR count). The second kappa shape index (κ2) is 6.95. The Bertz CT molecular complexity index is 458. The highest BCUT2D eigenvalue weighted by atomic mass is 16.2. The molecule has 2 saturated heterocycles. The van der Waals surface area contributed by atoms with Gasteiger partial charge in [-0.1, -0.05) is 6.92 Å². The van der Waals surface area contributed by atoms with Crippen molar-refractivity contribution in [1.29, 1.82) is 0 Å². The average Bonchev–Trinajstić information content (AvgIpc) is 3.18. The van der Waals surface area contributed by atoms with Gasteiger partial charge in [0.05, 0.1) is 5.92 Å². The molecule has 4 heteroatoms. The Balaban J connectivity index is 1.32. The lowest BCUT2D eigenvalue weighted by molar-refractivity contribution is -0.139. The number of likely N-dealkylation sites (tertiary alicyclic amines) is 2. The van der Waals surface area contributed by atoms with E-state index in [1.165, 1.54) is 64.6 Å². The van der Waals surface area contributed by atoms with Crippen molar-refractivity contribution in [3.63, 3.8) is 0 Å². The molecule has 0 spiro atoms. The van der Waals surface area contributed by atoms with Gasteiger partial charge in [0.2, 0.25) is 5.91 Å². The highest BCUT2D eigenvalue weighted by Crippen LogP contribution is 2.48. The third-order valence-corrected chi connectivity index (χ3v) is 7.49. The van der Waals surface area contributed by atoms with Crippen molar-refractivity contribution < 1.29 is 4.79 Å². The Morgan fingerprint density at radius 2 is 1.79 bits per heavy atom. The predicted octanol–water partition coefficient (Wildman–Crippen LogP) is 2.33. The molecule has 2 N–H and O–H groups in total. The van der Waals surface area contributed by atoms with Crippen LogP contribution in [0.15, 0.2) is 0 Å². The largest absolute Gasteiger partial charge is 0.342 e. The van der Waals surface area contributed by atoms with Gasteiger partial charge in [-0.05, 0) is 81.7 Å². The Labute approximate surface area is 147 Å². The molecule has 2 aliphatic heterocycles. The number of piperidine rings is 2. The highest BCUT2D eigenvalue weighted by molar-refractivity contribution is 5.80. The summed E-state index contributed by atoms with van der Waals surface area (Å²) >= 11 is 0. The van der Waals surface area contributed by atoms with Gasteiger partial charge in [-0.2, -0.15) is 0 Å². The van der Waals surface area contributed by atoms with Gasteiger partial charge in [0, 0.05) is 25.7 Å². The van der Waals surface area contributed by atoms with Crippen LogP contribution in [0.5, 0.6) is 0 Å². The zero-order valence-electron chi connectivity index (χ0n) is 15.3. The second-order valence-electron chi connectivity index (χ2n) is 9.21. The fourth-order valence-electron chi connectivity index (χ4n) is 5.94. The van der Waals surface area contributed by atoms with E-state index in [1.807, 2.05) is 0 Å². The first-order valence-corrected chi connectivity index (χ1v) is 10.4. The fraction of sp³-hybridized carbons (Fsp3) is 0.950. The average molecular weight is 334 g/mol. The number of amides is 1. The first-order valence-electron chi connectivity index (χ1n) is 10.4. The van der Waals surface area contributed by atoms with Gasteiger partial charge < -0.3 is 15.5 Å². The summed E-state index contributed by atoms with van der Waals surface area (Å²) in [5.41, 5.74) is 6.41. The Morgan fingerprint density at radius 3 is 2.50 bits per heavy atom. The summed E-state index contributed by atoms with van der Waals surface area (Å²) in [6, 6.07) is 0.139. The van der Waals surface area contributed by atoms with E-state index in [9.17, 15) is 4.79 Å². The maximum Gasteiger partial charge on any atom is 0.227 e. The number of rotatable bonds is 3. The summed E-state index contributed by atoms with van der Waals surface area (Å²) in [7, 11) is 0. The molecule has 2 bridgehead atoms. The maximum atomic E-state index is 13.1. The molecule has 4 aliphatic rings. The number of hydrogen-bond donors (Lipinski definition) is 1. The van der Waals surface area contributed by atoms with Crippen molar-refractivity contribution in [3.05, 3.63) is 0 Å². The van der Waals surface area contributed by atoms with Gasteiger partial charge >= 0.3 is 0 Å². The Kier molecular flexibility index (Phi) is 4.88. The monoisotopic (exact) mass is 333 g/mol. The van der Waals surface area contributed by atoms with Crippen molar-refractivity contribution in [2.24, 2.45) is 35.3 Å². The van der Waals surface area contributed by atoms with Gasteiger partial charge in [0.15, 0.2) is 0 Å². The van der Waals surface area contributed by atoms with E-state index < -0.39 is 0 Å². The van der Waals surface area contributed by atoms with Gasteiger partial charge in [0.1, 0.15) is 0 Å². The van der Waals surface area contributed by atoms with Gasteiger partial charge in [-0.3, -0.25) is 4.79 Å². The molecular formula is C20H35N3O. The van der Waals surface area contributed by atoms with E-state index >= 15 is 0 Å². The third-order valence-electron chi connectivity index (χ3n) is 7.49. The molecule has 5 unspecified atom stereocenters. The Morgan fingerprint density at radius 1 is 1.04 bits per heavy atom. The van der Waals surface area contributed by atoms with E-state index in [0.717, 1.165) is 19.0 Å². The molecule has 4 fully saturated rings. The molecule has 2 aliphatic carbocycles. The SMILES string of the molecule is CC1CCN(CC2CCCN(C(=O)C3C4CCC(C4)C3N)C2)CC1. The van der Waals surface area contributed by atoms with Crippen molar-refractivity contribution in [2.75, 3.05) is 32.7 Å². The van der Waals surface area contributed by atoms with Gasteiger partial charge in [-0.15, -0.1) is 0 Å². The minimum Gasteiger partial charge on any atom is -0.342 e. The molecule has 0 radical (unpaired) electrons. The van der Waals surface area contributed by atoms with E-state index in [1.54, 1.807) is 0 Å². The Hall–Kier alpha value is -0.610. The van der Waals surface area contributed by atoms with Crippen molar-refractivity contribution >= 4 is 5.91 Å². The molecule has 4 nitrogen and oxygen atoms in total. The second-order valence-corrected chi connectivity index (χ2v) is 9.21. The number of carbonyl (C=O) groups is 1. The van der Waals surface area contributed by atoms with Crippen LogP contribution in [0.2, 0.25) is 0 Å². The van der Waals surface area contributed by atoms with Crippen LogP contribution in [-0.4, -0.2) is 54.5 Å². The van der Waals surface area contributed by atoms with E-state index in [-0.39, 0.29) is 12.0 Å². The molecule has 136 valence electrons. The maximum absolute atomic E-state index is 13.1. The van der Waals surface area contributed by atoms with E-state index in [2.05, 4.69) is 16.7 Å². The summed E-state index contributed by atoms with van der Waals surface area (Å²) in [6.45, 7) is 8.01. The molecule has 5 atom stereocenters. The molecule has 0 aromatic rings. The molecule has 1 amide bonds. The molecule has 24 heavy (non-hydrogen) atoms. The van der Waals surface area contributed by atoms with Gasteiger partial charge in [-0.25, -0.2) is 0 Å². The zero-order chi connectivity index (χ0) is 16.7. The predicted molar refractivity (Wildman–Crippen MR) is 96.4 cm³/mol. The number of carbonyl (C=O) groups excluding carboxylic acids is 1. The van der Waals surface area contributed by atoms with Crippen LogP contribution < -0.4 is 5.73 Å². The summed E-state index contributed by atoms with van der Waals surface area (Å²) in [6.07, 6.45) is 8.85. The van der Waals surface area contributed by atoms with Crippen LogP contribution in [0.25, 0.3) is 0 Å². The van der Waals surface area contributed by atoms with Crippen LogP contribution in [0.4, 0.5) is 0 Å². The van der Waals surface area contributed by atoms with Crippen LogP contribution in [-0.2, 0) is 4.79 Å². The standard InChI is InChI=1S/C20H35N3O/c1-14-6-9-22(10-7-14)12-15-3-2-8-23(13-15)20(24)18-16-4-5-17(11-16)19(18)21/h14-19H,2-13,21H2,1H3. The molecule has 2 heterocycles. The summed E-state index contributed by atoms with van der Waals surface area (Å²) < 4.78 is 0. The van der Waals surface area contributed by atoms with Crippen LogP contribution in [0, 0.1) is 29.6 Å². The fourth-order valence-corrected chi connectivity index (χ4v) is 5.94. The number of fused-ring (bicyclic) bond motifs is 2. The quantitative estimate of drug-likeness (QED) is 0.862. The smallest absolute Gasteiger partial charge is 0.227 e. The number of hydrogen-bond acceptors (Lipinski definition) is 3. The van der Waals surface area contributed by atoms with Crippen molar-refractivity contribution in [3.8, 4) is 0 Å². The van der Waals surface area contributed by atoms with E-state index in [0.29, 0.717) is 23.7 Å². The van der Waals surface area contributed by atoms with Crippen LogP contribution in [0.3, 0.4) is 0 Å². The topological polar surface area (TPSA) is 49.6 Å². The summed E-state index contributed by atoms with van der Waals surface area (Å²) in [4.78, 5) is 17.9. The minimum atomic E-state index is 0.137. The number of nitrogens with two attached hydrogens (primary N) is 1. The third kappa shape index (κ3) is 3.24. The van der Waals surface area contributed by atoms with Gasteiger partial charge in [0.25, 0.3) is 0 Å². The van der Waals surface area contributed by atoms with Crippen molar-refractivity contribution in [1.82, 2.24) is 9.80 Å². The molecule has 0 aromatic carbocycles. The van der Waals surface area contributed by atoms with Crippen molar-refractivity contribution in [2.45, 2.75) is 57.9 Å². The lowest BCUT2D eigenvalue weighted by atomic mass is 9.83. The van der Waals surface area contributed by atoms with Crippen LogP contribution in [0.1, 0.15) is 51.9 Å². The normalized spacial score (nSPS) is 41.1. The van der Waals surface area contributed by atoms with E-state index in [4.69, 9.17) is 5.73 Å². The number of nitrogens with zero attached hydrogens (tertiary/aromatic N) is 2.